The van der Waals surface area contributed by atoms with Crippen LogP contribution in [0.15, 0.2) is 52.2 Å². The maximum absolute atomic E-state index is 12.3. The molecule has 2 aromatic heterocycles. The average Bonchev–Trinajstić information content (AvgIpc) is 3.19. The van der Waals surface area contributed by atoms with Crippen molar-refractivity contribution in [2.45, 2.75) is 12.6 Å². The summed E-state index contributed by atoms with van der Waals surface area (Å²) in [5.41, 5.74) is 1.48. The van der Waals surface area contributed by atoms with Crippen molar-refractivity contribution in [1.29, 1.82) is 0 Å². The van der Waals surface area contributed by atoms with Gasteiger partial charge in [0.05, 0.1) is 6.04 Å². The molecule has 2 N–H and O–H groups in total. The number of hydrogen-bond donors (Lipinski definition) is 2. The SMILES string of the molecule is O=C(Cn1cn[nH]c1=O)NC(c1ccc(Cl)cc1)c1ccsc1. The molecule has 0 aliphatic carbocycles. The molecule has 3 aromatic rings. The van der Waals surface area contributed by atoms with Gasteiger partial charge in [-0.3, -0.25) is 9.36 Å². The van der Waals surface area contributed by atoms with E-state index in [1.54, 1.807) is 23.5 Å². The highest BCUT2D eigenvalue weighted by Crippen LogP contribution is 2.25. The van der Waals surface area contributed by atoms with E-state index in [0.717, 1.165) is 11.1 Å². The minimum Gasteiger partial charge on any atom is -0.344 e. The lowest BCUT2D eigenvalue weighted by Gasteiger charge is -2.18. The van der Waals surface area contributed by atoms with Gasteiger partial charge in [-0.25, -0.2) is 9.89 Å². The highest BCUT2D eigenvalue weighted by molar-refractivity contribution is 7.08. The summed E-state index contributed by atoms with van der Waals surface area (Å²) in [5, 5.41) is 13.4. The first kappa shape index (κ1) is 15.5. The smallest absolute Gasteiger partial charge is 0.343 e. The van der Waals surface area contributed by atoms with Crippen LogP contribution in [-0.2, 0) is 11.3 Å². The van der Waals surface area contributed by atoms with Crippen LogP contribution in [0.1, 0.15) is 17.2 Å². The van der Waals surface area contributed by atoms with Gasteiger partial charge in [-0.1, -0.05) is 23.7 Å². The molecule has 23 heavy (non-hydrogen) atoms. The second-order valence-corrected chi connectivity index (χ2v) is 6.11. The van der Waals surface area contributed by atoms with Crippen molar-refractivity contribution in [3.8, 4) is 0 Å². The molecule has 0 spiro atoms. The predicted octanol–water partition coefficient (Wildman–Crippen LogP) is 2.19. The van der Waals surface area contributed by atoms with Crippen LogP contribution in [0.2, 0.25) is 5.02 Å². The second kappa shape index (κ2) is 6.80. The Hall–Kier alpha value is -2.38. The Balaban J connectivity index is 1.82. The summed E-state index contributed by atoms with van der Waals surface area (Å²) in [6.45, 7) is -0.0937. The zero-order valence-electron chi connectivity index (χ0n) is 11.9. The maximum atomic E-state index is 12.3. The lowest BCUT2D eigenvalue weighted by atomic mass is 10.0. The lowest BCUT2D eigenvalue weighted by Crippen LogP contribution is -2.34. The van der Waals surface area contributed by atoms with Crippen LogP contribution >= 0.6 is 22.9 Å². The van der Waals surface area contributed by atoms with Gasteiger partial charge in [0.15, 0.2) is 0 Å². The summed E-state index contributed by atoms with van der Waals surface area (Å²) in [5.74, 6) is -0.278. The van der Waals surface area contributed by atoms with E-state index >= 15 is 0 Å². The average molecular weight is 349 g/mol. The largest absolute Gasteiger partial charge is 0.344 e. The molecule has 0 bridgehead atoms. The van der Waals surface area contributed by atoms with Crippen LogP contribution in [0.4, 0.5) is 0 Å². The number of H-pyrrole nitrogens is 1. The summed E-state index contributed by atoms with van der Waals surface area (Å²) >= 11 is 7.48. The molecule has 0 saturated heterocycles. The summed E-state index contributed by atoms with van der Waals surface area (Å²) in [6, 6.07) is 8.96. The zero-order valence-corrected chi connectivity index (χ0v) is 13.5. The molecule has 6 nitrogen and oxygen atoms in total. The highest BCUT2D eigenvalue weighted by Gasteiger charge is 2.18. The van der Waals surface area contributed by atoms with E-state index in [1.807, 2.05) is 29.0 Å². The standard InChI is InChI=1S/C15H13ClN4O2S/c16-12-3-1-10(2-4-12)14(11-5-6-23-8-11)18-13(21)7-20-9-17-19-15(20)22/h1-6,8-9,14H,7H2,(H,18,21)(H,19,22). The molecule has 1 atom stereocenters. The first-order chi connectivity index (χ1) is 11.1. The molecule has 1 amide bonds. The molecular weight excluding hydrogens is 336 g/mol. The molecule has 3 rings (SSSR count). The van der Waals surface area contributed by atoms with E-state index in [1.165, 1.54) is 10.9 Å². The predicted molar refractivity (Wildman–Crippen MR) is 88.6 cm³/mol. The number of thiophene rings is 1. The van der Waals surface area contributed by atoms with E-state index in [0.29, 0.717) is 5.02 Å². The molecular formula is C15H13ClN4O2S. The number of benzene rings is 1. The van der Waals surface area contributed by atoms with E-state index < -0.39 is 5.69 Å². The van der Waals surface area contributed by atoms with Gasteiger partial charge in [0.25, 0.3) is 0 Å². The number of carbonyl (C=O) groups is 1. The number of nitrogens with one attached hydrogen (secondary N) is 2. The molecule has 0 aliphatic rings. The molecule has 0 aliphatic heterocycles. The van der Waals surface area contributed by atoms with E-state index in [4.69, 9.17) is 11.6 Å². The number of carbonyl (C=O) groups excluding carboxylic acids is 1. The fraction of sp³-hybridized carbons (Fsp3) is 0.133. The Bertz CT molecular complexity index is 839. The third-order valence-corrected chi connectivity index (χ3v) is 4.27. The fourth-order valence-corrected chi connectivity index (χ4v) is 3.01. The van der Waals surface area contributed by atoms with Gasteiger partial charge in [0, 0.05) is 5.02 Å². The van der Waals surface area contributed by atoms with Crippen molar-refractivity contribution >= 4 is 28.8 Å². The van der Waals surface area contributed by atoms with E-state index in [2.05, 4.69) is 15.5 Å². The van der Waals surface area contributed by atoms with Crippen LogP contribution in [0.5, 0.6) is 0 Å². The second-order valence-electron chi connectivity index (χ2n) is 4.90. The van der Waals surface area contributed by atoms with Gasteiger partial charge in [-0.15, -0.1) is 0 Å². The Morgan fingerprint density at radius 3 is 2.70 bits per heavy atom. The number of rotatable bonds is 5. The van der Waals surface area contributed by atoms with Crippen molar-refractivity contribution in [3.63, 3.8) is 0 Å². The minimum absolute atomic E-state index is 0.0937. The number of aromatic amines is 1. The van der Waals surface area contributed by atoms with Gasteiger partial charge in [-0.2, -0.15) is 16.4 Å². The quantitative estimate of drug-likeness (QED) is 0.741. The molecule has 8 heteroatoms. The van der Waals surface area contributed by atoms with Crippen molar-refractivity contribution < 1.29 is 4.79 Å². The van der Waals surface area contributed by atoms with Crippen molar-refractivity contribution in [2.75, 3.05) is 0 Å². The monoisotopic (exact) mass is 348 g/mol. The number of amides is 1. The highest BCUT2D eigenvalue weighted by atomic mass is 35.5. The van der Waals surface area contributed by atoms with Crippen LogP contribution in [-0.4, -0.2) is 20.7 Å². The third-order valence-electron chi connectivity index (χ3n) is 3.32. The Morgan fingerprint density at radius 1 is 1.30 bits per heavy atom. The third kappa shape index (κ3) is 3.69. The lowest BCUT2D eigenvalue weighted by molar-refractivity contribution is -0.122. The van der Waals surface area contributed by atoms with Gasteiger partial charge >= 0.3 is 5.69 Å². The van der Waals surface area contributed by atoms with Crippen LogP contribution in [0.25, 0.3) is 0 Å². The molecule has 0 saturated carbocycles. The Labute approximate surface area is 140 Å². The van der Waals surface area contributed by atoms with Crippen molar-refractivity contribution in [2.24, 2.45) is 0 Å². The van der Waals surface area contributed by atoms with Crippen molar-refractivity contribution in [3.05, 3.63) is 74.1 Å². The van der Waals surface area contributed by atoms with E-state index in [9.17, 15) is 9.59 Å². The summed E-state index contributed by atoms with van der Waals surface area (Å²) in [7, 11) is 0. The van der Waals surface area contributed by atoms with Crippen molar-refractivity contribution in [1.82, 2.24) is 20.1 Å². The molecule has 118 valence electrons. The maximum Gasteiger partial charge on any atom is 0.343 e. The number of hydrogen-bond acceptors (Lipinski definition) is 4. The van der Waals surface area contributed by atoms with Gasteiger partial charge in [-0.05, 0) is 40.1 Å². The van der Waals surface area contributed by atoms with Crippen LogP contribution in [0, 0.1) is 0 Å². The topological polar surface area (TPSA) is 79.8 Å². The zero-order chi connectivity index (χ0) is 16.2. The van der Waals surface area contributed by atoms with Crippen LogP contribution in [0.3, 0.4) is 0 Å². The first-order valence-corrected chi connectivity index (χ1v) is 8.12. The fourth-order valence-electron chi connectivity index (χ4n) is 2.20. The van der Waals surface area contributed by atoms with E-state index in [-0.39, 0.29) is 18.5 Å². The Kier molecular flexibility index (Phi) is 4.59. The van der Waals surface area contributed by atoms with Crippen LogP contribution < -0.4 is 11.0 Å². The Morgan fingerprint density at radius 2 is 2.09 bits per heavy atom. The van der Waals surface area contributed by atoms with Gasteiger partial charge in [0.1, 0.15) is 12.9 Å². The number of halogens is 1. The number of nitrogens with zero attached hydrogens (tertiary/aromatic N) is 2. The molecule has 0 fully saturated rings. The summed E-state index contributed by atoms with van der Waals surface area (Å²) < 4.78 is 1.21. The summed E-state index contributed by atoms with van der Waals surface area (Å²) in [4.78, 5) is 23.7. The first-order valence-electron chi connectivity index (χ1n) is 6.80. The van der Waals surface area contributed by atoms with Gasteiger partial charge < -0.3 is 5.32 Å². The summed E-state index contributed by atoms with van der Waals surface area (Å²) in [6.07, 6.45) is 1.30. The van der Waals surface area contributed by atoms with Gasteiger partial charge in [0.2, 0.25) is 5.91 Å². The number of aromatic nitrogens is 3. The molecule has 1 unspecified atom stereocenters. The molecule has 0 radical (unpaired) electrons. The molecule has 1 aromatic carbocycles. The normalized spacial score (nSPS) is 12.0. The minimum atomic E-state index is -0.418. The molecule has 2 heterocycles.